The van der Waals surface area contributed by atoms with Gasteiger partial charge >= 0.3 is 0 Å². The molecule has 2 heterocycles. The van der Waals surface area contributed by atoms with Gasteiger partial charge in [0.1, 0.15) is 0 Å². The van der Waals surface area contributed by atoms with Crippen LogP contribution in [0.2, 0.25) is 0 Å². The maximum atomic E-state index is 5.92. The Bertz CT molecular complexity index is 535. The first-order valence-electron chi connectivity index (χ1n) is 6.44. The Morgan fingerprint density at radius 3 is 2.89 bits per heavy atom. The third-order valence-corrected chi connectivity index (χ3v) is 3.88. The van der Waals surface area contributed by atoms with Crippen molar-refractivity contribution in [3.63, 3.8) is 0 Å². The summed E-state index contributed by atoms with van der Waals surface area (Å²) >= 11 is 0. The maximum Gasteiger partial charge on any atom is 0.231 e. The summed E-state index contributed by atoms with van der Waals surface area (Å²) in [7, 11) is 0. The van der Waals surface area contributed by atoms with Crippen LogP contribution in [0.15, 0.2) is 28.9 Å². The van der Waals surface area contributed by atoms with Crippen LogP contribution in [0, 0.1) is 5.92 Å². The first kappa shape index (κ1) is 11.3. The molecule has 0 aliphatic heterocycles. The van der Waals surface area contributed by atoms with E-state index in [1.54, 1.807) is 6.20 Å². The molecule has 4 nitrogen and oxygen atoms in total. The zero-order valence-corrected chi connectivity index (χ0v) is 10.5. The van der Waals surface area contributed by atoms with Crippen LogP contribution in [0.25, 0.3) is 11.3 Å². The normalized spacial score (nSPS) is 23.4. The predicted octanol–water partition coefficient (Wildman–Crippen LogP) is 3.22. The van der Waals surface area contributed by atoms with Gasteiger partial charge in [-0.05, 0) is 24.5 Å². The van der Waals surface area contributed by atoms with Gasteiger partial charge in [-0.1, -0.05) is 31.0 Å². The Balaban J connectivity index is 2.07. The molecule has 0 amide bonds. The van der Waals surface area contributed by atoms with E-state index in [2.05, 4.69) is 17.1 Å². The molecule has 2 aromatic rings. The molecule has 1 aliphatic carbocycles. The lowest BCUT2D eigenvalue weighted by atomic mass is 9.91. The van der Waals surface area contributed by atoms with Crippen molar-refractivity contribution in [3.8, 4) is 11.3 Å². The van der Waals surface area contributed by atoms with E-state index in [-0.39, 0.29) is 0 Å². The van der Waals surface area contributed by atoms with Crippen molar-refractivity contribution in [1.29, 1.82) is 0 Å². The molecule has 0 radical (unpaired) electrons. The highest BCUT2D eigenvalue weighted by Gasteiger charge is 2.31. The second-order valence-corrected chi connectivity index (χ2v) is 5.04. The molecule has 94 valence electrons. The number of aromatic nitrogens is 2. The number of anilines is 1. The van der Waals surface area contributed by atoms with Gasteiger partial charge in [0.2, 0.25) is 5.88 Å². The zero-order chi connectivity index (χ0) is 12.5. The third-order valence-electron chi connectivity index (χ3n) is 3.88. The van der Waals surface area contributed by atoms with Gasteiger partial charge in [-0.2, -0.15) is 0 Å². The highest BCUT2D eigenvalue weighted by atomic mass is 16.5. The molecule has 1 saturated carbocycles. The van der Waals surface area contributed by atoms with E-state index in [1.807, 2.05) is 18.2 Å². The number of hydrogen-bond acceptors (Lipinski definition) is 4. The van der Waals surface area contributed by atoms with Crippen LogP contribution in [-0.2, 0) is 0 Å². The summed E-state index contributed by atoms with van der Waals surface area (Å²) in [5.41, 5.74) is 8.64. The van der Waals surface area contributed by atoms with E-state index >= 15 is 0 Å². The highest BCUT2D eigenvalue weighted by Crippen LogP contribution is 2.43. The quantitative estimate of drug-likeness (QED) is 0.879. The fourth-order valence-electron chi connectivity index (χ4n) is 2.89. The van der Waals surface area contributed by atoms with Gasteiger partial charge in [0, 0.05) is 12.1 Å². The zero-order valence-electron chi connectivity index (χ0n) is 10.5. The van der Waals surface area contributed by atoms with Crippen LogP contribution in [-0.4, -0.2) is 10.1 Å². The minimum atomic E-state index is 0.378. The summed E-state index contributed by atoms with van der Waals surface area (Å²) < 4.78 is 5.20. The van der Waals surface area contributed by atoms with Crippen LogP contribution in [0.4, 0.5) is 5.88 Å². The van der Waals surface area contributed by atoms with Crippen LogP contribution in [0.1, 0.15) is 37.8 Å². The second kappa shape index (κ2) is 4.44. The molecule has 2 aromatic heterocycles. The average Bonchev–Trinajstić information content (AvgIpc) is 2.96. The summed E-state index contributed by atoms with van der Waals surface area (Å²) in [6.45, 7) is 2.27. The van der Waals surface area contributed by atoms with Crippen LogP contribution < -0.4 is 5.73 Å². The molecular weight excluding hydrogens is 226 g/mol. The van der Waals surface area contributed by atoms with E-state index in [9.17, 15) is 0 Å². The topological polar surface area (TPSA) is 64.9 Å². The van der Waals surface area contributed by atoms with Gasteiger partial charge < -0.3 is 10.3 Å². The molecule has 2 N–H and O–H groups in total. The van der Waals surface area contributed by atoms with Gasteiger partial charge in [0.15, 0.2) is 0 Å². The Labute approximate surface area is 106 Å². The first-order valence-corrected chi connectivity index (χ1v) is 6.44. The largest absolute Gasteiger partial charge is 0.367 e. The summed E-state index contributed by atoms with van der Waals surface area (Å²) in [4.78, 5) is 4.36. The minimum Gasteiger partial charge on any atom is -0.367 e. The second-order valence-electron chi connectivity index (χ2n) is 5.04. The van der Waals surface area contributed by atoms with E-state index < -0.39 is 0 Å². The number of nitrogen functional groups attached to an aromatic ring is 1. The highest BCUT2D eigenvalue weighted by molar-refractivity contribution is 5.72. The van der Waals surface area contributed by atoms with Gasteiger partial charge in [-0.15, -0.1) is 0 Å². The molecule has 2 unspecified atom stereocenters. The number of nitrogens with zero attached hydrogens (tertiary/aromatic N) is 2. The fourth-order valence-corrected chi connectivity index (χ4v) is 2.89. The van der Waals surface area contributed by atoms with E-state index in [0.717, 1.165) is 23.4 Å². The Morgan fingerprint density at radius 1 is 1.33 bits per heavy atom. The number of hydrogen-bond donors (Lipinski definition) is 1. The van der Waals surface area contributed by atoms with Gasteiger partial charge in [-0.3, -0.25) is 4.98 Å². The molecule has 0 bridgehead atoms. The lowest BCUT2D eigenvalue weighted by Gasteiger charge is -2.13. The molecule has 3 rings (SSSR count). The van der Waals surface area contributed by atoms with E-state index in [1.165, 1.54) is 12.8 Å². The van der Waals surface area contributed by atoms with Crippen LogP contribution >= 0.6 is 0 Å². The predicted molar refractivity (Wildman–Crippen MR) is 69.9 cm³/mol. The van der Waals surface area contributed by atoms with Gasteiger partial charge in [0.25, 0.3) is 0 Å². The van der Waals surface area contributed by atoms with E-state index in [0.29, 0.717) is 17.7 Å². The molecule has 0 saturated heterocycles. The van der Waals surface area contributed by atoms with Crippen LogP contribution in [0.3, 0.4) is 0 Å². The molecular formula is C14H17N3O. The van der Waals surface area contributed by atoms with Crippen molar-refractivity contribution in [2.45, 2.75) is 32.1 Å². The molecule has 0 aromatic carbocycles. The molecule has 2 atom stereocenters. The minimum absolute atomic E-state index is 0.378. The number of pyridine rings is 1. The van der Waals surface area contributed by atoms with Crippen molar-refractivity contribution in [2.75, 3.05) is 5.73 Å². The SMILES string of the molecule is CC1CCCC1c1noc(N)c1-c1ccccn1. The molecule has 4 heteroatoms. The summed E-state index contributed by atoms with van der Waals surface area (Å²) in [6.07, 6.45) is 5.43. The molecule has 1 aliphatic rings. The monoisotopic (exact) mass is 243 g/mol. The molecule has 0 spiro atoms. The summed E-state index contributed by atoms with van der Waals surface area (Å²) in [5.74, 6) is 1.46. The van der Waals surface area contributed by atoms with Crippen molar-refractivity contribution in [3.05, 3.63) is 30.1 Å². The summed E-state index contributed by atoms with van der Waals surface area (Å²) in [5, 5.41) is 4.18. The van der Waals surface area contributed by atoms with Crippen molar-refractivity contribution in [1.82, 2.24) is 10.1 Å². The number of rotatable bonds is 2. The standard InChI is InChI=1S/C14H17N3O/c1-9-5-4-6-10(9)13-12(14(15)18-17-13)11-7-2-3-8-16-11/h2-3,7-10H,4-6,15H2,1H3. The average molecular weight is 243 g/mol. The summed E-state index contributed by atoms with van der Waals surface area (Å²) in [6, 6.07) is 5.80. The third kappa shape index (κ3) is 1.78. The Morgan fingerprint density at radius 2 is 2.22 bits per heavy atom. The first-order chi connectivity index (χ1) is 8.77. The fraction of sp³-hybridized carbons (Fsp3) is 0.429. The lowest BCUT2D eigenvalue weighted by molar-refractivity contribution is 0.407. The van der Waals surface area contributed by atoms with Crippen molar-refractivity contribution in [2.24, 2.45) is 5.92 Å². The molecule has 18 heavy (non-hydrogen) atoms. The Kier molecular flexibility index (Phi) is 2.78. The van der Waals surface area contributed by atoms with E-state index in [4.69, 9.17) is 10.3 Å². The van der Waals surface area contributed by atoms with Gasteiger partial charge in [-0.25, -0.2) is 0 Å². The van der Waals surface area contributed by atoms with Crippen molar-refractivity contribution >= 4 is 5.88 Å². The smallest absolute Gasteiger partial charge is 0.231 e. The maximum absolute atomic E-state index is 5.92. The van der Waals surface area contributed by atoms with Crippen molar-refractivity contribution < 1.29 is 4.52 Å². The van der Waals surface area contributed by atoms with Gasteiger partial charge in [0.05, 0.1) is 17.0 Å². The lowest BCUT2D eigenvalue weighted by Crippen LogP contribution is -2.04. The van der Waals surface area contributed by atoms with Crippen LogP contribution in [0.5, 0.6) is 0 Å². The molecule has 1 fully saturated rings. The Hall–Kier alpha value is -1.84. The number of nitrogens with two attached hydrogens (primary N) is 1.